The summed E-state index contributed by atoms with van der Waals surface area (Å²) in [6, 6.07) is 2.64. The van der Waals surface area contributed by atoms with Crippen molar-refractivity contribution in [2.45, 2.75) is 38.6 Å². The molecule has 0 bridgehead atoms. The molecule has 1 N–H and O–H groups in total. The van der Waals surface area contributed by atoms with Crippen molar-refractivity contribution in [2.75, 3.05) is 6.54 Å². The minimum Gasteiger partial charge on any atom is -0.314 e. The monoisotopic (exact) mass is 221 g/mol. The molecular formula is C13H23N3. The van der Waals surface area contributed by atoms with Crippen LogP contribution in [0.2, 0.25) is 0 Å². The first kappa shape index (κ1) is 13.0. The Labute approximate surface area is 98.5 Å². The number of hydrogen-bond acceptors (Lipinski definition) is 2. The number of rotatable bonds is 8. The molecule has 1 heterocycles. The number of nitrogens with zero attached hydrogens (tertiary/aromatic N) is 2. The van der Waals surface area contributed by atoms with Crippen LogP contribution >= 0.6 is 0 Å². The van der Waals surface area contributed by atoms with E-state index in [1.807, 2.05) is 24.0 Å². The lowest BCUT2D eigenvalue weighted by molar-refractivity contribution is 0.477. The van der Waals surface area contributed by atoms with Gasteiger partial charge in [-0.15, -0.1) is 6.58 Å². The van der Waals surface area contributed by atoms with Crippen molar-refractivity contribution < 1.29 is 0 Å². The predicted octanol–water partition coefficient (Wildman–Crippen LogP) is 2.30. The van der Waals surface area contributed by atoms with E-state index in [0.717, 1.165) is 25.8 Å². The Morgan fingerprint density at radius 2 is 2.44 bits per heavy atom. The van der Waals surface area contributed by atoms with Gasteiger partial charge in [0.1, 0.15) is 0 Å². The third-order valence-corrected chi connectivity index (χ3v) is 2.81. The fraction of sp³-hybridized carbons (Fsp3) is 0.615. The highest BCUT2D eigenvalue weighted by Gasteiger charge is 2.07. The number of aromatic nitrogens is 2. The second-order valence-corrected chi connectivity index (χ2v) is 4.16. The third-order valence-electron chi connectivity index (χ3n) is 2.81. The summed E-state index contributed by atoms with van der Waals surface area (Å²) in [6.07, 6.45) is 8.29. The van der Waals surface area contributed by atoms with E-state index in [-0.39, 0.29) is 0 Å². The van der Waals surface area contributed by atoms with Crippen molar-refractivity contribution in [1.29, 1.82) is 0 Å². The maximum absolute atomic E-state index is 4.18. The second kappa shape index (κ2) is 7.23. The molecule has 1 rings (SSSR count). The van der Waals surface area contributed by atoms with Gasteiger partial charge in [-0.1, -0.05) is 13.0 Å². The van der Waals surface area contributed by atoms with Crippen molar-refractivity contribution in [2.24, 2.45) is 7.05 Å². The summed E-state index contributed by atoms with van der Waals surface area (Å²) in [5.41, 5.74) is 1.30. The molecule has 3 nitrogen and oxygen atoms in total. The van der Waals surface area contributed by atoms with Crippen LogP contribution in [0, 0.1) is 0 Å². The maximum Gasteiger partial charge on any atom is 0.0492 e. The Morgan fingerprint density at radius 1 is 1.62 bits per heavy atom. The third kappa shape index (κ3) is 4.19. The Kier molecular flexibility index (Phi) is 5.86. The van der Waals surface area contributed by atoms with Gasteiger partial charge in [0, 0.05) is 25.0 Å². The average molecular weight is 221 g/mol. The van der Waals surface area contributed by atoms with E-state index < -0.39 is 0 Å². The molecule has 1 aromatic heterocycles. The number of nitrogens with one attached hydrogen (secondary N) is 1. The summed E-state index contributed by atoms with van der Waals surface area (Å²) in [5.74, 6) is 0. The van der Waals surface area contributed by atoms with E-state index >= 15 is 0 Å². The fourth-order valence-electron chi connectivity index (χ4n) is 1.82. The average Bonchev–Trinajstić information content (AvgIpc) is 2.68. The van der Waals surface area contributed by atoms with E-state index in [2.05, 4.69) is 30.0 Å². The quantitative estimate of drug-likeness (QED) is 0.683. The molecule has 1 atom stereocenters. The first-order chi connectivity index (χ1) is 7.77. The standard InChI is InChI=1S/C13H23N3/c1-4-6-12(14-10-5-2)7-8-13-9-11-15-16(13)3/h4,9,11-12,14H,1,5-8,10H2,2-3H3. The van der Waals surface area contributed by atoms with Gasteiger partial charge in [-0.3, -0.25) is 4.68 Å². The highest BCUT2D eigenvalue weighted by atomic mass is 15.2. The van der Waals surface area contributed by atoms with Crippen LogP contribution in [0.3, 0.4) is 0 Å². The van der Waals surface area contributed by atoms with Gasteiger partial charge in [-0.25, -0.2) is 0 Å². The Morgan fingerprint density at radius 3 is 3.00 bits per heavy atom. The molecule has 3 heteroatoms. The van der Waals surface area contributed by atoms with Crippen LogP contribution < -0.4 is 5.32 Å². The van der Waals surface area contributed by atoms with Gasteiger partial charge in [-0.2, -0.15) is 5.10 Å². The molecule has 90 valence electrons. The van der Waals surface area contributed by atoms with Crippen molar-refractivity contribution >= 4 is 0 Å². The van der Waals surface area contributed by atoms with Gasteiger partial charge in [0.25, 0.3) is 0 Å². The van der Waals surface area contributed by atoms with Gasteiger partial charge >= 0.3 is 0 Å². The van der Waals surface area contributed by atoms with E-state index in [0.29, 0.717) is 6.04 Å². The minimum absolute atomic E-state index is 0.548. The normalized spacial score (nSPS) is 12.6. The molecule has 0 saturated heterocycles. The van der Waals surface area contributed by atoms with E-state index in [4.69, 9.17) is 0 Å². The Bertz CT molecular complexity index is 304. The summed E-state index contributed by atoms with van der Waals surface area (Å²) >= 11 is 0. The molecule has 0 aromatic carbocycles. The van der Waals surface area contributed by atoms with Crippen LogP contribution in [0.15, 0.2) is 24.9 Å². The van der Waals surface area contributed by atoms with Crippen molar-refractivity contribution in [1.82, 2.24) is 15.1 Å². The summed E-state index contributed by atoms with van der Waals surface area (Å²) in [7, 11) is 2.00. The zero-order valence-corrected chi connectivity index (χ0v) is 10.4. The van der Waals surface area contributed by atoms with Gasteiger partial charge in [0.2, 0.25) is 0 Å². The summed E-state index contributed by atoms with van der Waals surface area (Å²) in [4.78, 5) is 0. The molecule has 0 amide bonds. The predicted molar refractivity (Wildman–Crippen MR) is 68.4 cm³/mol. The van der Waals surface area contributed by atoms with Gasteiger partial charge in [0.15, 0.2) is 0 Å². The zero-order valence-electron chi connectivity index (χ0n) is 10.4. The van der Waals surface area contributed by atoms with Crippen LogP contribution in [0.5, 0.6) is 0 Å². The number of aryl methyl sites for hydroxylation is 2. The minimum atomic E-state index is 0.548. The molecule has 0 saturated carbocycles. The Hall–Kier alpha value is -1.09. The van der Waals surface area contributed by atoms with Crippen LogP contribution in [0.25, 0.3) is 0 Å². The van der Waals surface area contributed by atoms with Crippen LogP contribution in [-0.2, 0) is 13.5 Å². The zero-order chi connectivity index (χ0) is 11.8. The summed E-state index contributed by atoms with van der Waals surface area (Å²) < 4.78 is 1.95. The SMILES string of the molecule is C=CCC(CCc1ccnn1C)NCCC. The van der Waals surface area contributed by atoms with Crippen LogP contribution in [0.1, 0.15) is 31.9 Å². The highest BCUT2D eigenvalue weighted by Crippen LogP contribution is 2.07. The van der Waals surface area contributed by atoms with Crippen molar-refractivity contribution in [3.8, 4) is 0 Å². The molecule has 1 aromatic rings. The maximum atomic E-state index is 4.18. The summed E-state index contributed by atoms with van der Waals surface area (Å²) in [6.45, 7) is 7.09. The Balaban J connectivity index is 2.37. The fourth-order valence-corrected chi connectivity index (χ4v) is 1.82. The molecule has 0 fully saturated rings. The number of hydrogen-bond donors (Lipinski definition) is 1. The largest absolute Gasteiger partial charge is 0.314 e. The highest BCUT2D eigenvalue weighted by molar-refractivity contribution is 5.00. The topological polar surface area (TPSA) is 29.9 Å². The molecule has 0 aliphatic carbocycles. The molecule has 1 unspecified atom stereocenters. The van der Waals surface area contributed by atoms with E-state index in [1.165, 1.54) is 12.1 Å². The van der Waals surface area contributed by atoms with Crippen LogP contribution in [-0.4, -0.2) is 22.4 Å². The molecule has 16 heavy (non-hydrogen) atoms. The van der Waals surface area contributed by atoms with Crippen LogP contribution in [0.4, 0.5) is 0 Å². The molecule has 0 spiro atoms. The lowest BCUT2D eigenvalue weighted by Gasteiger charge is -2.16. The molecular weight excluding hydrogens is 198 g/mol. The molecule has 0 radical (unpaired) electrons. The second-order valence-electron chi connectivity index (χ2n) is 4.16. The lowest BCUT2D eigenvalue weighted by atomic mass is 10.1. The molecule has 0 aliphatic heterocycles. The van der Waals surface area contributed by atoms with E-state index in [9.17, 15) is 0 Å². The van der Waals surface area contributed by atoms with E-state index in [1.54, 1.807) is 0 Å². The van der Waals surface area contributed by atoms with Gasteiger partial charge < -0.3 is 5.32 Å². The smallest absolute Gasteiger partial charge is 0.0492 e. The first-order valence-corrected chi connectivity index (χ1v) is 6.09. The first-order valence-electron chi connectivity index (χ1n) is 6.09. The van der Waals surface area contributed by atoms with Gasteiger partial charge in [0.05, 0.1) is 0 Å². The molecule has 0 aliphatic rings. The lowest BCUT2D eigenvalue weighted by Crippen LogP contribution is -2.29. The van der Waals surface area contributed by atoms with Crippen molar-refractivity contribution in [3.63, 3.8) is 0 Å². The van der Waals surface area contributed by atoms with Gasteiger partial charge in [-0.05, 0) is 38.3 Å². The van der Waals surface area contributed by atoms with Crippen molar-refractivity contribution in [3.05, 3.63) is 30.6 Å². The summed E-state index contributed by atoms with van der Waals surface area (Å²) in [5, 5.41) is 7.73.